The molecule has 2 aliphatic heterocycles. The molecule has 2 fully saturated rings. The number of hydrogen-bond donors (Lipinski definition) is 0. The molecule has 2 rings (SSSR count). The predicted molar refractivity (Wildman–Crippen MR) is 77.8 cm³/mol. The molecule has 0 aliphatic carbocycles. The predicted octanol–water partition coefficient (Wildman–Crippen LogP) is 2.11. The maximum absolute atomic E-state index is 12.0. The molecular weight excluding hydrogens is 256 g/mol. The van der Waals surface area contributed by atoms with Crippen LogP contribution in [-0.4, -0.2) is 66.9 Å². The number of amides is 1. The van der Waals surface area contributed by atoms with Crippen LogP contribution in [0.3, 0.4) is 0 Å². The van der Waals surface area contributed by atoms with Crippen molar-refractivity contribution in [2.24, 2.45) is 0 Å². The van der Waals surface area contributed by atoms with Crippen LogP contribution in [0.4, 0.5) is 4.79 Å². The van der Waals surface area contributed by atoms with E-state index in [4.69, 9.17) is 9.47 Å². The Kier molecular flexibility index (Phi) is 4.91. The number of likely N-dealkylation sites (tertiary alicyclic amines) is 2. The first kappa shape index (κ1) is 15.6. The van der Waals surface area contributed by atoms with E-state index in [0.717, 1.165) is 45.4 Å². The van der Waals surface area contributed by atoms with Crippen molar-refractivity contribution in [1.82, 2.24) is 9.80 Å². The lowest BCUT2D eigenvalue weighted by Crippen LogP contribution is -2.44. The second kappa shape index (κ2) is 6.31. The molecular formula is C15H28N2O3. The minimum atomic E-state index is -0.418. The van der Waals surface area contributed by atoms with Gasteiger partial charge in [-0.15, -0.1) is 0 Å². The van der Waals surface area contributed by atoms with Crippen LogP contribution in [0.5, 0.6) is 0 Å². The molecule has 0 N–H and O–H groups in total. The Morgan fingerprint density at radius 1 is 1.05 bits per heavy atom. The lowest BCUT2D eigenvalue weighted by Gasteiger charge is -2.34. The molecule has 20 heavy (non-hydrogen) atoms. The van der Waals surface area contributed by atoms with E-state index in [9.17, 15) is 4.79 Å². The number of hydrogen-bond acceptors (Lipinski definition) is 4. The average Bonchev–Trinajstić information content (AvgIpc) is 2.73. The zero-order chi connectivity index (χ0) is 14.8. The first-order valence-corrected chi connectivity index (χ1v) is 7.65. The molecule has 5 nitrogen and oxygen atoms in total. The van der Waals surface area contributed by atoms with Gasteiger partial charge in [0.15, 0.2) is 0 Å². The van der Waals surface area contributed by atoms with Gasteiger partial charge in [0.1, 0.15) is 5.60 Å². The van der Waals surface area contributed by atoms with Gasteiger partial charge in [-0.2, -0.15) is 0 Å². The third-order valence-corrected chi connectivity index (χ3v) is 3.83. The van der Waals surface area contributed by atoms with Crippen molar-refractivity contribution in [3.63, 3.8) is 0 Å². The molecule has 0 aromatic rings. The van der Waals surface area contributed by atoms with Gasteiger partial charge < -0.3 is 19.3 Å². The number of likely N-dealkylation sites (N-methyl/N-ethyl adjacent to an activating group) is 1. The first-order valence-electron chi connectivity index (χ1n) is 7.65. The zero-order valence-corrected chi connectivity index (χ0v) is 13.2. The van der Waals surface area contributed by atoms with Crippen molar-refractivity contribution in [2.75, 3.05) is 33.2 Å². The second-order valence-corrected chi connectivity index (χ2v) is 6.98. The Morgan fingerprint density at radius 3 is 2.15 bits per heavy atom. The molecule has 0 bridgehead atoms. The summed E-state index contributed by atoms with van der Waals surface area (Å²) in [7, 11) is 2.13. The summed E-state index contributed by atoms with van der Waals surface area (Å²) >= 11 is 0. The maximum atomic E-state index is 12.0. The molecule has 0 saturated carbocycles. The molecule has 0 aromatic carbocycles. The van der Waals surface area contributed by atoms with Crippen LogP contribution < -0.4 is 0 Å². The molecule has 5 heteroatoms. The van der Waals surface area contributed by atoms with E-state index in [-0.39, 0.29) is 6.09 Å². The van der Waals surface area contributed by atoms with Crippen LogP contribution >= 0.6 is 0 Å². The highest BCUT2D eigenvalue weighted by molar-refractivity contribution is 5.68. The topological polar surface area (TPSA) is 42.0 Å². The summed E-state index contributed by atoms with van der Waals surface area (Å²) in [4.78, 5) is 16.1. The van der Waals surface area contributed by atoms with Gasteiger partial charge in [-0.3, -0.25) is 0 Å². The van der Waals surface area contributed by atoms with Crippen molar-refractivity contribution in [3.8, 4) is 0 Å². The van der Waals surface area contributed by atoms with Gasteiger partial charge in [0, 0.05) is 26.2 Å². The summed E-state index contributed by atoms with van der Waals surface area (Å²) in [6.45, 7) is 9.34. The molecule has 1 unspecified atom stereocenters. The largest absolute Gasteiger partial charge is 0.444 e. The average molecular weight is 284 g/mol. The third-order valence-electron chi connectivity index (χ3n) is 3.83. The Labute approximate surface area is 122 Å². The molecule has 1 atom stereocenters. The lowest BCUT2D eigenvalue weighted by molar-refractivity contribution is -0.0413. The van der Waals surface area contributed by atoms with Crippen molar-refractivity contribution >= 4 is 6.09 Å². The summed E-state index contributed by atoms with van der Waals surface area (Å²) in [6, 6.07) is 0. The maximum Gasteiger partial charge on any atom is 0.410 e. The highest BCUT2D eigenvalue weighted by Crippen LogP contribution is 2.21. The third kappa shape index (κ3) is 4.63. The van der Waals surface area contributed by atoms with Crippen LogP contribution in [-0.2, 0) is 9.47 Å². The van der Waals surface area contributed by atoms with Crippen LogP contribution in [0.2, 0.25) is 0 Å². The number of piperidine rings is 1. The molecule has 0 aromatic heterocycles. The van der Waals surface area contributed by atoms with Crippen molar-refractivity contribution in [3.05, 3.63) is 0 Å². The molecule has 2 heterocycles. The first-order chi connectivity index (χ1) is 9.33. The van der Waals surface area contributed by atoms with Gasteiger partial charge in [-0.05, 0) is 47.1 Å². The quantitative estimate of drug-likeness (QED) is 0.779. The van der Waals surface area contributed by atoms with E-state index in [1.165, 1.54) is 0 Å². The summed E-state index contributed by atoms with van der Waals surface area (Å²) < 4.78 is 11.5. The number of nitrogens with zero attached hydrogens (tertiary/aromatic N) is 2. The number of ether oxygens (including phenoxy) is 2. The molecule has 116 valence electrons. The standard InChI is InChI=1S/C15H28N2O3/c1-15(2,3)20-14(18)17-9-6-12(7-10-17)19-13-5-8-16(4)11-13/h12-13H,5-11H2,1-4H3. The summed E-state index contributed by atoms with van der Waals surface area (Å²) in [5.41, 5.74) is -0.418. The van der Waals surface area contributed by atoms with Crippen LogP contribution in [0, 0.1) is 0 Å². The Hall–Kier alpha value is -0.810. The van der Waals surface area contributed by atoms with Crippen LogP contribution in [0.15, 0.2) is 0 Å². The fourth-order valence-electron chi connectivity index (χ4n) is 2.78. The Balaban J connectivity index is 1.71. The van der Waals surface area contributed by atoms with Gasteiger partial charge in [-0.25, -0.2) is 4.79 Å². The minimum absolute atomic E-state index is 0.198. The SMILES string of the molecule is CN1CCC(OC2CCN(C(=O)OC(C)(C)C)CC2)C1. The van der Waals surface area contributed by atoms with Gasteiger partial charge in [-0.1, -0.05) is 0 Å². The molecule has 0 radical (unpaired) electrons. The number of rotatable bonds is 2. The number of carbonyl (C=O) groups excluding carboxylic acids is 1. The fraction of sp³-hybridized carbons (Fsp3) is 0.933. The number of carbonyl (C=O) groups is 1. The zero-order valence-electron chi connectivity index (χ0n) is 13.2. The summed E-state index contributed by atoms with van der Waals surface area (Å²) in [5, 5.41) is 0. The van der Waals surface area contributed by atoms with E-state index in [2.05, 4.69) is 11.9 Å². The summed E-state index contributed by atoms with van der Waals surface area (Å²) in [5.74, 6) is 0. The van der Waals surface area contributed by atoms with E-state index in [1.807, 2.05) is 20.8 Å². The molecule has 2 aliphatic rings. The van der Waals surface area contributed by atoms with E-state index in [1.54, 1.807) is 4.90 Å². The minimum Gasteiger partial charge on any atom is -0.444 e. The van der Waals surface area contributed by atoms with Crippen molar-refractivity contribution < 1.29 is 14.3 Å². The van der Waals surface area contributed by atoms with Crippen LogP contribution in [0.25, 0.3) is 0 Å². The van der Waals surface area contributed by atoms with Gasteiger partial charge >= 0.3 is 6.09 Å². The monoisotopic (exact) mass is 284 g/mol. The van der Waals surface area contributed by atoms with Gasteiger partial charge in [0.2, 0.25) is 0 Å². The highest BCUT2D eigenvalue weighted by Gasteiger charge is 2.29. The van der Waals surface area contributed by atoms with Crippen LogP contribution in [0.1, 0.15) is 40.0 Å². The van der Waals surface area contributed by atoms with Crippen molar-refractivity contribution in [1.29, 1.82) is 0 Å². The van der Waals surface area contributed by atoms with Gasteiger partial charge in [0.05, 0.1) is 12.2 Å². The van der Waals surface area contributed by atoms with E-state index < -0.39 is 5.60 Å². The lowest BCUT2D eigenvalue weighted by atomic mass is 10.1. The molecule has 1 amide bonds. The highest BCUT2D eigenvalue weighted by atomic mass is 16.6. The van der Waals surface area contributed by atoms with Gasteiger partial charge in [0.25, 0.3) is 0 Å². The Bertz CT molecular complexity index is 333. The molecule has 0 spiro atoms. The fourth-order valence-corrected chi connectivity index (χ4v) is 2.78. The normalized spacial score (nSPS) is 26.0. The summed E-state index contributed by atoms with van der Waals surface area (Å²) in [6.07, 6.45) is 3.43. The van der Waals surface area contributed by atoms with E-state index >= 15 is 0 Å². The Morgan fingerprint density at radius 2 is 1.65 bits per heavy atom. The second-order valence-electron chi connectivity index (χ2n) is 6.98. The van der Waals surface area contributed by atoms with E-state index in [0.29, 0.717) is 12.2 Å². The molecule has 2 saturated heterocycles. The van der Waals surface area contributed by atoms with Crippen molar-refractivity contribution in [2.45, 2.75) is 57.8 Å². The smallest absolute Gasteiger partial charge is 0.410 e.